The number of alkyl halides is 3. The molecular formula is C21H13BrF3OP. The Kier molecular flexibility index (Phi) is 4.40. The van der Waals surface area contributed by atoms with Crippen molar-refractivity contribution in [1.29, 1.82) is 0 Å². The second-order valence-electron chi connectivity index (χ2n) is 6.20. The fraction of sp³-hybridized carbons (Fsp3) is 0.0476. The molecule has 0 fully saturated rings. The molecule has 4 rings (SSSR count). The fourth-order valence-corrected chi connectivity index (χ4v) is 7.93. The summed E-state index contributed by atoms with van der Waals surface area (Å²) in [6.45, 7) is 0. The lowest BCUT2D eigenvalue weighted by molar-refractivity contribution is -0.137. The van der Waals surface area contributed by atoms with E-state index in [1.807, 2.05) is 42.5 Å². The lowest BCUT2D eigenvalue weighted by atomic mass is 10.1. The molecule has 1 aliphatic rings. The number of benzene rings is 3. The van der Waals surface area contributed by atoms with E-state index in [0.717, 1.165) is 17.7 Å². The summed E-state index contributed by atoms with van der Waals surface area (Å²) in [6, 6.07) is 21.3. The van der Waals surface area contributed by atoms with Crippen LogP contribution in [-0.2, 0) is 10.7 Å². The van der Waals surface area contributed by atoms with Crippen molar-refractivity contribution in [3.05, 3.63) is 95.6 Å². The minimum atomic E-state index is -4.41. The summed E-state index contributed by atoms with van der Waals surface area (Å²) < 4.78 is 53.8. The quantitative estimate of drug-likeness (QED) is 0.423. The van der Waals surface area contributed by atoms with E-state index in [4.69, 9.17) is 0 Å². The molecule has 0 bridgehead atoms. The second kappa shape index (κ2) is 6.50. The largest absolute Gasteiger partial charge is 0.416 e. The fourth-order valence-electron chi connectivity index (χ4n) is 3.35. The third-order valence-corrected chi connectivity index (χ3v) is 8.94. The molecule has 0 radical (unpaired) electrons. The minimum Gasteiger partial charge on any atom is -0.309 e. The number of fused-ring (bicyclic) bond motifs is 1. The summed E-state index contributed by atoms with van der Waals surface area (Å²) in [6.07, 6.45) is -4.41. The molecule has 0 saturated heterocycles. The van der Waals surface area contributed by atoms with E-state index in [0.29, 0.717) is 26.0 Å². The molecule has 1 heterocycles. The summed E-state index contributed by atoms with van der Waals surface area (Å²) >= 11 is 3.56. The van der Waals surface area contributed by atoms with Crippen LogP contribution in [0.25, 0.3) is 9.80 Å². The van der Waals surface area contributed by atoms with Crippen LogP contribution in [0.3, 0.4) is 0 Å². The van der Waals surface area contributed by atoms with Gasteiger partial charge >= 0.3 is 6.18 Å². The van der Waals surface area contributed by atoms with Gasteiger partial charge in [-0.15, -0.1) is 0 Å². The molecule has 6 heteroatoms. The van der Waals surface area contributed by atoms with Gasteiger partial charge in [0.2, 0.25) is 0 Å². The van der Waals surface area contributed by atoms with Gasteiger partial charge in [-0.1, -0.05) is 66.7 Å². The maximum Gasteiger partial charge on any atom is 0.416 e. The Bertz CT molecular complexity index is 1090. The average molecular weight is 449 g/mol. The van der Waals surface area contributed by atoms with E-state index in [9.17, 15) is 17.7 Å². The molecule has 1 nitrogen and oxygen atoms in total. The lowest BCUT2D eigenvalue weighted by Crippen LogP contribution is -2.15. The molecule has 0 aliphatic carbocycles. The Morgan fingerprint density at radius 1 is 0.778 bits per heavy atom. The van der Waals surface area contributed by atoms with Crippen LogP contribution in [0.1, 0.15) is 16.7 Å². The van der Waals surface area contributed by atoms with Gasteiger partial charge in [-0.2, -0.15) is 13.2 Å². The van der Waals surface area contributed by atoms with Crippen LogP contribution in [0.4, 0.5) is 13.2 Å². The van der Waals surface area contributed by atoms with Crippen molar-refractivity contribution in [3.8, 4) is 0 Å². The van der Waals surface area contributed by atoms with Gasteiger partial charge in [0.15, 0.2) is 7.14 Å². The highest BCUT2D eigenvalue weighted by Gasteiger charge is 2.42. The van der Waals surface area contributed by atoms with E-state index >= 15 is 0 Å². The topological polar surface area (TPSA) is 17.1 Å². The Labute approximate surface area is 163 Å². The smallest absolute Gasteiger partial charge is 0.309 e. The maximum absolute atomic E-state index is 14.4. The predicted molar refractivity (Wildman–Crippen MR) is 107 cm³/mol. The molecule has 1 unspecified atom stereocenters. The Balaban J connectivity index is 1.96. The van der Waals surface area contributed by atoms with Crippen LogP contribution in [0, 0.1) is 0 Å². The van der Waals surface area contributed by atoms with Crippen molar-refractivity contribution < 1.29 is 17.7 Å². The zero-order valence-electron chi connectivity index (χ0n) is 13.9. The van der Waals surface area contributed by atoms with Crippen LogP contribution in [0.5, 0.6) is 0 Å². The van der Waals surface area contributed by atoms with Crippen LogP contribution in [0.2, 0.25) is 0 Å². The number of rotatable bonds is 2. The summed E-state index contributed by atoms with van der Waals surface area (Å²) in [7, 11) is -3.20. The van der Waals surface area contributed by atoms with Crippen LogP contribution >= 0.6 is 23.1 Å². The first-order valence-electron chi connectivity index (χ1n) is 8.17. The Morgan fingerprint density at radius 3 is 2.00 bits per heavy atom. The molecular weight excluding hydrogens is 436 g/mol. The van der Waals surface area contributed by atoms with Crippen molar-refractivity contribution >= 4 is 43.5 Å². The Hall–Kier alpha value is -2.10. The summed E-state index contributed by atoms with van der Waals surface area (Å²) in [5.74, 6) is 0. The standard InChI is InChI=1S/C21H13BrF3OP/c22-19-17-8-4-5-9-18(17)27(26,16-6-2-1-3-7-16)20(19)14-10-12-15(13-11-14)21(23,24)25/h1-13H. The van der Waals surface area contributed by atoms with Crippen molar-refractivity contribution in [3.63, 3.8) is 0 Å². The van der Waals surface area contributed by atoms with Crippen molar-refractivity contribution in [2.75, 3.05) is 0 Å². The van der Waals surface area contributed by atoms with Gasteiger partial charge < -0.3 is 4.57 Å². The van der Waals surface area contributed by atoms with Gasteiger partial charge in [0.25, 0.3) is 0 Å². The molecule has 136 valence electrons. The highest BCUT2D eigenvalue weighted by molar-refractivity contribution is 9.15. The van der Waals surface area contributed by atoms with Crippen LogP contribution in [0.15, 0.2) is 78.9 Å². The molecule has 0 N–H and O–H groups in total. The zero-order chi connectivity index (χ0) is 19.2. The average Bonchev–Trinajstić information content (AvgIpc) is 2.91. The predicted octanol–water partition coefficient (Wildman–Crippen LogP) is 6.25. The number of hydrogen-bond acceptors (Lipinski definition) is 1. The van der Waals surface area contributed by atoms with Crippen molar-refractivity contribution in [2.45, 2.75) is 6.18 Å². The molecule has 0 amide bonds. The minimum absolute atomic E-state index is 0.512. The van der Waals surface area contributed by atoms with Gasteiger partial charge in [-0.3, -0.25) is 0 Å². The van der Waals surface area contributed by atoms with Gasteiger partial charge in [0, 0.05) is 26.0 Å². The van der Waals surface area contributed by atoms with Gasteiger partial charge in [-0.05, 0) is 33.6 Å². The van der Waals surface area contributed by atoms with Crippen LogP contribution < -0.4 is 10.6 Å². The molecule has 0 aromatic heterocycles. The van der Waals surface area contributed by atoms with Gasteiger partial charge in [-0.25, -0.2) is 0 Å². The van der Waals surface area contributed by atoms with E-state index in [1.165, 1.54) is 12.1 Å². The molecule has 3 aromatic rings. The SMILES string of the molecule is O=P1(c2ccccc2)C(c2ccc(C(F)(F)F)cc2)=C(Br)c2ccccc21. The van der Waals surface area contributed by atoms with Crippen LogP contribution in [-0.4, -0.2) is 0 Å². The third-order valence-electron chi connectivity index (χ3n) is 4.61. The van der Waals surface area contributed by atoms with Crippen molar-refractivity contribution in [1.82, 2.24) is 0 Å². The number of halogens is 4. The molecule has 0 saturated carbocycles. The monoisotopic (exact) mass is 448 g/mol. The van der Waals surface area contributed by atoms with Crippen molar-refractivity contribution in [2.24, 2.45) is 0 Å². The van der Waals surface area contributed by atoms with E-state index in [1.54, 1.807) is 12.1 Å². The lowest BCUT2D eigenvalue weighted by Gasteiger charge is -2.19. The van der Waals surface area contributed by atoms with Gasteiger partial charge in [0.1, 0.15) is 0 Å². The molecule has 0 spiro atoms. The number of hydrogen-bond donors (Lipinski definition) is 0. The summed E-state index contributed by atoms with van der Waals surface area (Å²) in [5.41, 5.74) is 0.589. The first-order valence-corrected chi connectivity index (χ1v) is 10.7. The van der Waals surface area contributed by atoms with E-state index in [2.05, 4.69) is 15.9 Å². The highest BCUT2D eigenvalue weighted by Crippen LogP contribution is 2.65. The third kappa shape index (κ3) is 2.90. The highest BCUT2D eigenvalue weighted by atomic mass is 79.9. The first kappa shape index (κ1) is 18.3. The molecule has 1 aliphatic heterocycles. The van der Waals surface area contributed by atoms with E-state index in [-0.39, 0.29) is 0 Å². The van der Waals surface area contributed by atoms with Gasteiger partial charge in [0.05, 0.1) is 5.56 Å². The molecule has 3 aromatic carbocycles. The second-order valence-corrected chi connectivity index (χ2v) is 9.66. The Morgan fingerprint density at radius 2 is 1.37 bits per heavy atom. The molecule has 27 heavy (non-hydrogen) atoms. The normalized spacial score (nSPS) is 19.3. The van der Waals surface area contributed by atoms with E-state index < -0.39 is 18.9 Å². The summed E-state index contributed by atoms with van der Waals surface area (Å²) in [4.78, 5) is 0. The maximum atomic E-state index is 14.4. The summed E-state index contributed by atoms with van der Waals surface area (Å²) in [5, 5.41) is 1.88. The zero-order valence-corrected chi connectivity index (χ0v) is 16.4. The molecule has 1 atom stereocenters. The first-order chi connectivity index (χ1) is 12.8.